The van der Waals surface area contributed by atoms with Gasteiger partial charge in [0.2, 0.25) is 0 Å². The van der Waals surface area contributed by atoms with Crippen molar-refractivity contribution in [1.29, 1.82) is 0 Å². The van der Waals surface area contributed by atoms with Crippen LogP contribution in [-0.2, 0) is 10.9 Å². The number of ether oxygens (including phenoxy) is 1. The molecule has 2 heterocycles. The number of anilines is 1. The van der Waals surface area contributed by atoms with Crippen LogP contribution in [0.2, 0.25) is 0 Å². The van der Waals surface area contributed by atoms with Crippen molar-refractivity contribution in [3.63, 3.8) is 0 Å². The fourth-order valence-electron chi connectivity index (χ4n) is 4.47. The molecule has 2 aromatic carbocycles. The van der Waals surface area contributed by atoms with E-state index in [0.29, 0.717) is 19.8 Å². The Kier molecular flexibility index (Phi) is 6.20. The molecule has 5 nitrogen and oxygen atoms in total. The molecule has 0 bridgehead atoms. The second-order valence-electron chi connectivity index (χ2n) is 8.12. The van der Waals surface area contributed by atoms with Crippen molar-refractivity contribution in [2.24, 2.45) is 0 Å². The molecule has 166 valence electrons. The van der Waals surface area contributed by atoms with Crippen LogP contribution in [0.1, 0.15) is 33.8 Å². The summed E-state index contributed by atoms with van der Waals surface area (Å²) in [6.45, 7) is 4.61. The summed E-state index contributed by atoms with van der Waals surface area (Å²) in [5.74, 6) is -0.868. The van der Waals surface area contributed by atoms with Gasteiger partial charge in [-0.1, -0.05) is 12.1 Å². The highest BCUT2D eigenvalue weighted by atomic mass is 19.4. The molecule has 31 heavy (non-hydrogen) atoms. The summed E-state index contributed by atoms with van der Waals surface area (Å²) in [6.07, 6.45) is -3.52. The number of carbonyl (C=O) groups is 1. The van der Waals surface area contributed by atoms with Gasteiger partial charge >= 0.3 is 12.1 Å². The minimum Gasteiger partial charge on any atom is -0.478 e. The fraction of sp³-hybridized carbons (Fsp3) is 0.435. The van der Waals surface area contributed by atoms with E-state index < -0.39 is 17.7 Å². The van der Waals surface area contributed by atoms with Crippen LogP contribution in [0, 0.1) is 0 Å². The average Bonchev–Trinajstić information content (AvgIpc) is 3.18. The Labute approximate surface area is 179 Å². The molecule has 1 N–H and O–H groups in total. The quantitative estimate of drug-likeness (QED) is 0.768. The summed E-state index contributed by atoms with van der Waals surface area (Å²) in [5, 5.41) is 9.17. The molecule has 4 rings (SSSR count). The number of halogens is 3. The summed E-state index contributed by atoms with van der Waals surface area (Å²) >= 11 is 0. The second-order valence-corrected chi connectivity index (χ2v) is 8.12. The van der Waals surface area contributed by atoms with Gasteiger partial charge in [-0.25, -0.2) is 4.79 Å². The second kappa shape index (κ2) is 8.88. The van der Waals surface area contributed by atoms with E-state index in [4.69, 9.17) is 9.84 Å². The first-order valence-electron chi connectivity index (χ1n) is 10.4. The van der Waals surface area contributed by atoms with Gasteiger partial charge in [-0.15, -0.1) is 0 Å². The summed E-state index contributed by atoms with van der Waals surface area (Å²) in [5.41, 5.74) is 1.41. The first kappa shape index (κ1) is 21.6. The number of hydrogen-bond acceptors (Lipinski definition) is 4. The lowest BCUT2D eigenvalue weighted by Gasteiger charge is -2.34. The lowest BCUT2D eigenvalue weighted by atomic mass is 9.95. The van der Waals surface area contributed by atoms with Crippen LogP contribution in [0.3, 0.4) is 0 Å². The zero-order valence-electron chi connectivity index (χ0n) is 17.0. The van der Waals surface area contributed by atoms with Gasteiger partial charge in [-0.05, 0) is 48.4 Å². The van der Waals surface area contributed by atoms with Gasteiger partial charge in [0.1, 0.15) is 0 Å². The maximum Gasteiger partial charge on any atom is 0.416 e. The van der Waals surface area contributed by atoms with Crippen LogP contribution in [-0.4, -0.2) is 61.4 Å². The summed E-state index contributed by atoms with van der Waals surface area (Å²) in [4.78, 5) is 15.8. The number of alkyl halides is 3. The van der Waals surface area contributed by atoms with Gasteiger partial charge in [0, 0.05) is 43.8 Å². The molecule has 1 unspecified atom stereocenters. The van der Waals surface area contributed by atoms with E-state index in [2.05, 4.69) is 9.80 Å². The van der Waals surface area contributed by atoms with E-state index in [1.54, 1.807) is 24.3 Å². The molecule has 0 radical (unpaired) electrons. The third kappa shape index (κ3) is 5.02. The van der Waals surface area contributed by atoms with Crippen molar-refractivity contribution in [1.82, 2.24) is 4.90 Å². The van der Waals surface area contributed by atoms with Crippen LogP contribution in [0.15, 0.2) is 48.5 Å². The van der Waals surface area contributed by atoms with E-state index in [0.717, 1.165) is 49.4 Å². The first-order chi connectivity index (χ1) is 14.8. The number of carboxylic acids is 1. The van der Waals surface area contributed by atoms with Crippen molar-refractivity contribution in [3.8, 4) is 0 Å². The number of nitrogens with zero attached hydrogens (tertiary/aromatic N) is 2. The number of hydrogen-bond donors (Lipinski definition) is 1. The Morgan fingerprint density at radius 2 is 1.68 bits per heavy atom. The normalized spacial score (nSPS) is 22.6. The van der Waals surface area contributed by atoms with Gasteiger partial charge in [0.25, 0.3) is 0 Å². The van der Waals surface area contributed by atoms with Crippen LogP contribution in [0.4, 0.5) is 18.9 Å². The molecule has 2 fully saturated rings. The largest absolute Gasteiger partial charge is 0.478 e. The maximum absolute atomic E-state index is 12.9. The Bertz CT molecular complexity index is 894. The van der Waals surface area contributed by atoms with E-state index >= 15 is 0 Å². The standard InChI is InChI=1S/C23H25F3N2O3/c24-23(25,26)19-5-1-16(2-6-19)18-13-21(15-27-9-11-31-12-10-27)28(14-18)20-7-3-17(4-8-20)22(29)30/h1-8,18,21H,9-15H2,(H,29,30)/t18?,21-/m0/s1. The topological polar surface area (TPSA) is 53.0 Å². The zero-order valence-corrected chi connectivity index (χ0v) is 17.0. The van der Waals surface area contributed by atoms with Crippen molar-refractivity contribution < 1.29 is 27.8 Å². The predicted molar refractivity (Wildman–Crippen MR) is 111 cm³/mol. The molecule has 8 heteroatoms. The molecular formula is C23H25F3N2O3. The van der Waals surface area contributed by atoms with Gasteiger partial charge in [0.05, 0.1) is 24.3 Å². The van der Waals surface area contributed by atoms with Crippen molar-refractivity contribution in [3.05, 3.63) is 65.2 Å². The Morgan fingerprint density at radius 1 is 1.03 bits per heavy atom. The van der Waals surface area contributed by atoms with Crippen LogP contribution < -0.4 is 4.90 Å². The summed E-state index contributed by atoms with van der Waals surface area (Å²) in [6, 6.07) is 12.4. The number of carboxylic acid groups (broad SMARTS) is 1. The monoisotopic (exact) mass is 434 g/mol. The minimum atomic E-state index is -4.34. The van der Waals surface area contributed by atoms with Crippen LogP contribution >= 0.6 is 0 Å². The Morgan fingerprint density at radius 3 is 2.26 bits per heavy atom. The molecule has 2 aromatic rings. The summed E-state index contributed by atoms with van der Waals surface area (Å²) < 4.78 is 44.2. The third-order valence-corrected chi connectivity index (χ3v) is 6.14. The summed E-state index contributed by atoms with van der Waals surface area (Å²) in [7, 11) is 0. The number of aromatic carboxylic acids is 1. The number of morpholine rings is 1. The van der Waals surface area contributed by atoms with Gasteiger partial charge in [-0.3, -0.25) is 4.90 Å². The lowest BCUT2D eigenvalue weighted by Crippen LogP contribution is -2.45. The molecule has 2 atom stereocenters. The van der Waals surface area contributed by atoms with Crippen molar-refractivity contribution in [2.45, 2.75) is 24.6 Å². The van der Waals surface area contributed by atoms with E-state index in [1.165, 1.54) is 0 Å². The highest BCUT2D eigenvalue weighted by Gasteiger charge is 2.35. The van der Waals surface area contributed by atoms with Gasteiger partial charge in [-0.2, -0.15) is 13.2 Å². The molecule has 0 aliphatic carbocycles. The SMILES string of the molecule is O=C(O)c1ccc(N2CC(c3ccc(C(F)(F)F)cc3)C[C@H]2CN2CCOCC2)cc1. The Hall–Kier alpha value is -2.58. The molecule has 2 aliphatic rings. The molecule has 2 saturated heterocycles. The highest BCUT2D eigenvalue weighted by molar-refractivity contribution is 5.88. The molecular weight excluding hydrogens is 409 g/mol. The molecule has 0 amide bonds. The van der Waals surface area contributed by atoms with Crippen molar-refractivity contribution >= 4 is 11.7 Å². The van der Waals surface area contributed by atoms with Crippen molar-refractivity contribution in [2.75, 3.05) is 44.3 Å². The molecule has 2 aliphatic heterocycles. The fourth-order valence-corrected chi connectivity index (χ4v) is 4.47. The third-order valence-electron chi connectivity index (χ3n) is 6.14. The van der Waals surface area contributed by atoms with Crippen LogP contribution in [0.5, 0.6) is 0 Å². The zero-order chi connectivity index (χ0) is 22.0. The highest BCUT2D eigenvalue weighted by Crippen LogP contribution is 2.37. The first-order valence-corrected chi connectivity index (χ1v) is 10.4. The average molecular weight is 434 g/mol. The smallest absolute Gasteiger partial charge is 0.416 e. The van der Waals surface area contributed by atoms with E-state index in [9.17, 15) is 18.0 Å². The van der Waals surface area contributed by atoms with Gasteiger partial charge in [0.15, 0.2) is 0 Å². The van der Waals surface area contributed by atoms with E-state index in [-0.39, 0.29) is 17.5 Å². The number of rotatable bonds is 5. The molecule has 0 aromatic heterocycles. The Balaban J connectivity index is 1.55. The van der Waals surface area contributed by atoms with E-state index in [1.807, 2.05) is 12.1 Å². The lowest BCUT2D eigenvalue weighted by molar-refractivity contribution is -0.137. The predicted octanol–water partition coefficient (Wildman–Crippen LogP) is 4.10. The number of benzene rings is 2. The van der Waals surface area contributed by atoms with Gasteiger partial charge < -0.3 is 14.7 Å². The maximum atomic E-state index is 12.9. The minimum absolute atomic E-state index is 0.104. The molecule has 0 spiro atoms. The van der Waals surface area contributed by atoms with Crippen LogP contribution in [0.25, 0.3) is 0 Å². The molecule has 0 saturated carbocycles.